The maximum absolute atomic E-state index is 12.8. The van der Waals surface area contributed by atoms with Gasteiger partial charge in [-0.05, 0) is 30.5 Å². The molecule has 0 aliphatic heterocycles. The number of carbonyl (C=O) groups excluding carboxylic acids is 1. The smallest absolute Gasteiger partial charge is 0.346 e. The van der Waals surface area contributed by atoms with Gasteiger partial charge in [-0.15, -0.1) is 0 Å². The molecule has 5 nitrogen and oxygen atoms in total. The van der Waals surface area contributed by atoms with Crippen LogP contribution in [0.2, 0.25) is 0 Å². The number of benzene rings is 1. The fourth-order valence-electron chi connectivity index (χ4n) is 1.48. The van der Waals surface area contributed by atoms with E-state index in [9.17, 15) is 14.0 Å². The quantitative estimate of drug-likeness (QED) is 0.766. The van der Waals surface area contributed by atoms with Gasteiger partial charge in [0, 0.05) is 11.7 Å². The summed E-state index contributed by atoms with van der Waals surface area (Å²) in [7, 11) is 0. The van der Waals surface area contributed by atoms with Crippen molar-refractivity contribution in [3.8, 4) is 5.75 Å². The fourth-order valence-corrected chi connectivity index (χ4v) is 1.80. The first kappa shape index (κ1) is 17.3. The Morgan fingerprint density at radius 3 is 2.52 bits per heavy atom. The number of ether oxygens (including phenoxy) is 1. The van der Waals surface area contributed by atoms with E-state index >= 15 is 0 Å². The van der Waals surface area contributed by atoms with Gasteiger partial charge in [0.25, 0.3) is 0 Å². The summed E-state index contributed by atoms with van der Waals surface area (Å²) in [5, 5.41) is 11.8. The molecule has 0 saturated heterocycles. The van der Waals surface area contributed by atoms with Gasteiger partial charge in [0.15, 0.2) is 0 Å². The lowest BCUT2D eigenvalue weighted by atomic mass is 10.3. The minimum absolute atomic E-state index is 0.146. The Morgan fingerprint density at radius 1 is 1.38 bits per heavy atom. The van der Waals surface area contributed by atoms with E-state index in [-0.39, 0.29) is 23.5 Å². The lowest BCUT2D eigenvalue weighted by Crippen LogP contribution is -2.40. The van der Waals surface area contributed by atoms with Crippen LogP contribution in [0, 0.1) is 5.82 Å². The Balaban J connectivity index is 2.52. The van der Waals surface area contributed by atoms with Crippen molar-refractivity contribution in [1.29, 1.82) is 0 Å². The molecule has 7 heteroatoms. The van der Waals surface area contributed by atoms with Crippen LogP contribution in [0.3, 0.4) is 0 Å². The maximum Gasteiger partial charge on any atom is 0.346 e. The highest BCUT2D eigenvalue weighted by molar-refractivity contribution is 7.99. The van der Waals surface area contributed by atoms with Gasteiger partial charge in [-0.1, -0.05) is 6.92 Å². The standard InChI is InChI=1S/C14H18FNO4S/c1-9(21-2)7-13(17)16-8-12(14(18)19)20-11-5-3-10(15)4-6-11/h3-6,9,12H,7-8H2,1-2H3,(H,16,17)(H,18,19). The summed E-state index contributed by atoms with van der Waals surface area (Å²) >= 11 is 1.55. The Kier molecular flexibility index (Phi) is 7.01. The lowest BCUT2D eigenvalue weighted by Gasteiger charge is -2.16. The van der Waals surface area contributed by atoms with Gasteiger partial charge < -0.3 is 15.2 Å². The third-order valence-electron chi connectivity index (χ3n) is 2.73. The van der Waals surface area contributed by atoms with E-state index in [1.54, 1.807) is 11.8 Å². The SMILES string of the molecule is CSC(C)CC(=O)NCC(Oc1ccc(F)cc1)C(=O)O. The summed E-state index contributed by atoms with van der Waals surface area (Å²) < 4.78 is 18.0. The molecule has 2 N–H and O–H groups in total. The number of aliphatic carboxylic acids is 1. The molecule has 116 valence electrons. The molecule has 2 atom stereocenters. The average Bonchev–Trinajstić information content (AvgIpc) is 2.44. The highest BCUT2D eigenvalue weighted by Crippen LogP contribution is 2.13. The normalized spacial score (nSPS) is 13.3. The van der Waals surface area contributed by atoms with Crippen molar-refractivity contribution in [2.75, 3.05) is 12.8 Å². The van der Waals surface area contributed by atoms with Crippen LogP contribution in [0.4, 0.5) is 4.39 Å². The predicted octanol–water partition coefficient (Wildman–Crippen LogP) is 1.92. The first-order chi connectivity index (χ1) is 9.92. The van der Waals surface area contributed by atoms with Crippen molar-refractivity contribution in [2.45, 2.75) is 24.7 Å². The van der Waals surface area contributed by atoms with E-state index in [0.717, 1.165) is 0 Å². The minimum atomic E-state index is -1.22. The molecule has 0 heterocycles. The molecule has 1 amide bonds. The lowest BCUT2D eigenvalue weighted by molar-refractivity contribution is -0.145. The highest BCUT2D eigenvalue weighted by Gasteiger charge is 2.20. The zero-order chi connectivity index (χ0) is 15.8. The Hall–Kier alpha value is -1.76. The molecule has 0 aliphatic rings. The molecule has 0 aliphatic carbocycles. The second-order valence-electron chi connectivity index (χ2n) is 4.45. The van der Waals surface area contributed by atoms with E-state index in [2.05, 4.69) is 5.32 Å². The zero-order valence-corrected chi connectivity index (χ0v) is 12.7. The molecule has 1 aromatic carbocycles. The van der Waals surface area contributed by atoms with Crippen LogP contribution in [0.1, 0.15) is 13.3 Å². The summed E-state index contributed by atoms with van der Waals surface area (Å²) in [6, 6.07) is 5.02. The van der Waals surface area contributed by atoms with Gasteiger partial charge in [0.1, 0.15) is 11.6 Å². The van der Waals surface area contributed by atoms with Crippen LogP contribution in [-0.2, 0) is 9.59 Å². The van der Waals surface area contributed by atoms with E-state index in [4.69, 9.17) is 9.84 Å². The number of amides is 1. The second-order valence-corrected chi connectivity index (χ2v) is 5.73. The monoisotopic (exact) mass is 315 g/mol. The molecule has 0 fully saturated rings. The van der Waals surface area contributed by atoms with E-state index in [0.29, 0.717) is 6.42 Å². The number of carboxylic acid groups (broad SMARTS) is 1. The second kappa shape index (κ2) is 8.51. The van der Waals surface area contributed by atoms with Crippen molar-refractivity contribution in [3.05, 3.63) is 30.1 Å². The summed E-state index contributed by atoms with van der Waals surface area (Å²) in [4.78, 5) is 22.7. The Bertz CT molecular complexity index is 480. The third kappa shape index (κ3) is 6.48. The molecular weight excluding hydrogens is 297 g/mol. The zero-order valence-electron chi connectivity index (χ0n) is 11.8. The van der Waals surface area contributed by atoms with Crippen LogP contribution in [0.25, 0.3) is 0 Å². The summed E-state index contributed by atoms with van der Waals surface area (Å²) in [5.41, 5.74) is 0. The van der Waals surface area contributed by atoms with E-state index in [1.165, 1.54) is 24.3 Å². The van der Waals surface area contributed by atoms with Gasteiger partial charge in [-0.25, -0.2) is 9.18 Å². The van der Waals surface area contributed by atoms with Gasteiger partial charge in [0.2, 0.25) is 12.0 Å². The van der Waals surface area contributed by atoms with E-state index < -0.39 is 17.9 Å². The van der Waals surface area contributed by atoms with Crippen LogP contribution < -0.4 is 10.1 Å². The Morgan fingerprint density at radius 2 is 2.00 bits per heavy atom. The van der Waals surface area contributed by atoms with Crippen LogP contribution in [-0.4, -0.2) is 41.1 Å². The summed E-state index contributed by atoms with van der Waals surface area (Å²) in [5.74, 6) is -1.63. The number of carboxylic acids is 1. The average molecular weight is 315 g/mol. The fraction of sp³-hybridized carbons (Fsp3) is 0.429. The number of thioether (sulfide) groups is 1. The van der Waals surface area contributed by atoms with Crippen molar-refractivity contribution in [1.82, 2.24) is 5.32 Å². The van der Waals surface area contributed by atoms with Crippen molar-refractivity contribution in [3.63, 3.8) is 0 Å². The van der Waals surface area contributed by atoms with Gasteiger partial charge >= 0.3 is 5.97 Å². The first-order valence-corrected chi connectivity index (χ1v) is 7.65. The number of nitrogens with one attached hydrogen (secondary N) is 1. The molecule has 0 saturated carbocycles. The summed E-state index contributed by atoms with van der Waals surface area (Å²) in [6.45, 7) is 1.76. The third-order valence-corrected chi connectivity index (χ3v) is 3.70. The number of rotatable bonds is 8. The number of hydrogen-bond donors (Lipinski definition) is 2. The number of carbonyl (C=O) groups is 2. The van der Waals surface area contributed by atoms with Crippen LogP contribution in [0.15, 0.2) is 24.3 Å². The molecule has 1 aromatic rings. The molecule has 0 radical (unpaired) electrons. The van der Waals surface area contributed by atoms with Crippen LogP contribution >= 0.6 is 11.8 Å². The first-order valence-electron chi connectivity index (χ1n) is 6.37. The number of hydrogen-bond acceptors (Lipinski definition) is 4. The summed E-state index contributed by atoms with van der Waals surface area (Å²) in [6.07, 6.45) is 0.990. The molecule has 2 unspecified atom stereocenters. The molecule has 0 aromatic heterocycles. The largest absolute Gasteiger partial charge is 0.478 e. The molecule has 0 bridgehead atoms. The van der Waals surface area contributed by atoms with Gasteiger partial charge in [-0.3, -0.25) is 4.79 Å². The topological polar surface area (TPSA) is 75.6 Å². The highest BCUT2D eigenvalue weighted by atomic mass is 32.2. The maximum atomic E-state index is 12.8. The van der Waals surface area contributed by atoms with Crippen molar-refractivity contribution in [2.24, 2.45) is 0 Å². The Labute approximate surface area is 126 Å². The molecule has 0 spiro atoms. The molecule has 21 heavy (non-hydrogen) atoms. The van der Waals surface area contributed by atoms with Crippen molar-refractivity contribution < 1.29 is 23.8 Å². The predicted molar refractivity (Wildman–Crippen MR) is 79.1 cm³/mol. The van der Waals surface area contributed by atoms with Crippen LogP contribution in [0.5, 0.6) is 5.75 Å². The molecular formula is C14H18FNO4S. The van der Waals surface area contributed by atoms with Gasteiger partial charge in [-0.2, -0.15) is 11.8 Å². The minimum Gasteiger partial charge on any atom is -0.478 e. The van der Waals surface area contributed by atoms with Gasteiger partial charge in [0.05, 0.1) is 6.54 Å². The van der Waals surface area contributed by atoms with Crippen molar-refractivity contribution >= 4 is 23.6 Å². The van der Waals surface area contributed by atoms with E-state index in [1.807, 2.05) is 13.2 Å². The molecule has 1 rings (SSSR count). The number of halogens is 1.